The summed E-state index contributed by atoms with van der Waals surface area (Å²) in [6, 6.07) is 7.80. The van der Waals surface area contributed by atoms with Gasteiger partial charge in [0.15, 0.2) is 0 Å². The lowest BCUT2D eigenvalue weighted by Crippen LogP contribution is -2.44. The number of carbonyl (C=O) groups excluding carboxylic acids is 2. The van der Waals surface area contributed by atoms with Crippen molar-refractivity contribution in [2.75, 3.05) is 22.9 Å². The molecule has 10 heteroatoms. The summed E-state index contributed by atoms with van der Waals surface area (Å²) in [5.74, 6) is 6.32. The van der Waals surface area contributed by atoms with Gasteiger partial charge in [-0.1, -0.05) is 121 Å². The molecular formula is C44H68N4O4Si2. The second-order valence-corrected chi connectivity index (χ2v) is 28.4. The summed E-state index contributed by atoms with van der Waals surface area (Å²) in [6.45, 7) is 31.7. The van der Waals surface area contributed by atoms with E-state index in [2.05, 4.69) is 116 Å². The van der Waals surface area contributed by atoms with Crippen molar-refractivity contribution in [1.82, 2.24) is 9.97 Å². The third kappa shape index (κ3) is 9.38. The molecule has 0 aromatic carbocycles. The van der Waals surface area contributed by atoms with Crippen LogP contribution < -0.4 is 9.80 Å². The van der Waals surface area contributed by atoms with Gasteiger partial charge in [-0.05, 0) is 69.3 Å². The minimum absolute atomic E-state index is 0.0971. The average molecular weight is 773 g/mol. The van der Waals surface area contributed by atoms with Crippen molar-refractivity contribution < 1.29 is 19.8 Å². The molecule has 4 heterocycles. The van der Waals surface area contributed by atoms with Crippen LogP contribution in [0.2, 0.25) is 33.2 Å². The molecule has 2 aromatic heterocycles. The van der Waals surface area contributed by atoms with Gasteiger partial charge in [0.05, 0.1) is 11.8 Å². The van der Waals surface area contributed by atoms with Gasteiger partial charge in [-0.2, -0.15) is 0 Å². The highest BCUT2D eigenvalue weighted by molar-refractivity contribution is 6.91. The molecule has 296 valence electrons. The third-order valence-electron chi connectivity index (χ3n) is 12.3. The van der Waals surface area contributed by atoms with E-state index in [1.165, 1.54) is 0 Å². The van der Waals surface area contributed by atoms with E-state index in [9.17, 15) is 19.8 Å². The smallest absolute Gasteiger partial charge is 0.234 e. The van der Waals surface area contributed by atoms with E-state index in [-0.39, 0.29) is 11.8 Å². The van der Waals surface area contributed by atoms with Crippen molar-refractivity contribution in [2.45, 2.75) is 155 Å². The van der Waals surface area contributed by atoms with Crippen LogP contribution in [0.3, 0.4) is 0 Å². The second-order valence-electron chi connectivity index (χ2n) is 17.3. The van der Waals surface area contributed by atoms with Crippen molar-refractivity contribution in [3.63, 3.8) is 0 Å². The minimum Gasteiger partial charge on any atom is -0.380 e. The van der Waals surface area contributed by atoms with Gasteiger partial charge in [0.2, 0.25) is 11.8 Å². The summed E-state index contributed by atoms with van der Waals surface area (Å²) in [6.07, 6.45) is 3.14. The van der Waals surface area contributed by atoms with Crippen LogP contribution in [0.5, 0.6) is 0 Å². The Bertz CT molecular complexity index is 1550. The topological polar surface area (TPSA) is 107 Å². The highest BCUT2D eigenvalue weighted by atomic mass is 28.3. The Kier molecular flexibility index (Phi) is 15.9. The molecule has 8 nitrogen and oxygen atoms in total. The lowest BCUT2D eigenvalue weighted by Gasteiger charge is -2.38. The van der Waals surface area contributed by atoms with Crippen molar-refractivity contribution >= 4 is 39.6 Å². The Morgan fingerprint density at radius 3 is 1.15 bits per heavy atom. The molecular weight excluding hydrogens is 705 g/mol. The molecule has 2 amide bonds. The van der Waals surface area contributed by atoms with Gasteiger partial charge in [-0.3, -0.25) is 19.4 Å². The zero-order chi connectivity index (χ0) is 40.7. The number of hydrogen-bond acceptors (Lipinski definition) is 6. The first-order valence-corrected chi connectivity index (χ1v) is 24.6. The standard InChI is InChI=1S/2C22H34N2O2Si/c2*1-15(2)27(16(3)4,17(5)6)14-11-20(25)18(7)22(26)24-13-10-19-9-8-12-23-21(19)24/h2*8-9,12,15-18,20,25H,10,13H2,1-7H3/t2*18-,20-/m11/s1. The lowest BCUT2D eigenvalue weighted by atomic mass is 10.0. The number of hydrogen-bond donors (Lipinski definition) is 2. The van der Waals surface area contributed by atoms with Crippen LogP contribution >= 0.6 is 0 Å². The fourth-order valence-corrected chi connectivity index (χ4v) is 19.6. The molecule has 0 bridgehead atoms. The van der Waals surface area contributed by atoms with Gasteiger partial charge >= 0.3 is 0 Å². The molecule has 0 aliphatic carbocycles. The van der Waals surface area contributed by atoms with Crippen molar-refractivity contribution in [2.24, 2.45) is 11.8 Å². The molecule has 2 N–H and O–H groups in total. The fraction of sp³-hybridized carbons (Fsp3) is 0.636. The predicted molar refractivity (Wildman–Crippen MR) is 229 cm³/mol. The largest absolute Gasteiger partial charge is 0.380 e. The summed E-state index contributed by atoms with van der Waals surface area (Å²) in [5, 5.41) is 21.4. The van der Waals surface area contributed by atoms with Crippen LogP contribution in [0.15, 0.2) is 36.7 Å². The molecule has 2 aromatic rings. The number of aliphatic hydroxyl groups is 2. The maximum absolute atomic E-state index is 12.9. The molecule has 0 saturated heterocycles. The molecule has 54 heavy (non-hydrogen) atoms. The monoisotopic (exact) mass is 772 g/mol. The predicted octanol–water partition coefficient (Wildman–Crippen LogP) is 8.38. The molecule has 0 saturated carbocycles. The molecule has 2 aliphatic rings. The Morgan fingerprint density at radius 1 is 0.574 bits per heavy atom. The first kappa shape index (κ1) is 45.1. The van der Waals surface area contributed by atoms with E-state index < -0.39 is 40.2 Å². The van der Waals surface area contributed by atoms with Crippen molar-refractivity contribution in [1.29, 1.82) is 0 Å². The van der Waals surface area contributed by atoms with Gasteiger partial charge in [0, 0.05) is 25.5 Å². The van der Waals surface area contributed by atoms with E-state index in [0.29, 0.717) is 46.3 Å². The minimum atomic E-state index is -1.92. The Labute approximate surface area is 329 Å². The second kappa shape index (κ2) is 19.0. The van der Waals surface area contributed by atoms with E-state index in [0.717, 1.165) is 35.6 Å². The van der Waals surface area contributed by atoms with Crippen LogP contribution in [-0.2, 0) is 22.4 Å². The maximum Gasteiger partial charge on any atom is 0.234 e. The Morgan fingerprint density at radius 2 is 0.870 bits per heavy atom. The summed E-state index contributed by atoms with van der Waals surface area (Å²) in [5.41, 5.74) is 12.2. The number of fused-ring (bicyclic) bond motifs is 2. The van der Waals surface area contributed by atoms with Gasteiger partial charge in [-0.15, -0.1) is 11.1 Å². The van der Waals surface area contributed by atoms with Crippen molar-refractivity contribution in [3.05, 3.63) is 47.8 Å². The number of pyridine rings is 2. The van der Waals surface area contributed by atoms with Gasteiger partial charge < -0.3 is 10.2 Å². The molecule has 4 rings (SSSR count). The molecule has 4 atom stereocenters. The highest BCUT2D eigenvalue weighted by Gasteiger charge is 2.43. The fourth-order valence-electron chi connectivity index (χ4n) is 9.12. The third-order valence-corrected chi connectivity index (χ3v) is 24.9. The molecule has 0 spiro atoms. The molecule has 0 fully saturated rings. The lowest BCUT2D eigenvalue weighted by molar-refractivity contribution is -0.124. The number of aromatic nitrogens is 2. The van der Waals surface area contributed by atoms with Gasteiger partial charge in [0.1, 0.15) is 40.0 Å². The number of aliphatic hydroxyl groups excluding tert-OH is 2. The quantitative estimate of drug-likeness (QED) is 0.186. The van der Waals surface area contributed by atoms with E-state index in [1.54, 1.807) is 36.0 Å². The maximum atomic E-state index is 12.9. The number of amides is 2. The van der Waals surface area contributed by atoms with Gasteiger partial charge in [-0.25, -0.2) is 9.97 Å². The Hall–Kier alpha value is -3.29. The molecule has 0 radical (unpaired) electrons. The summed E-state index contributed by atoms with van der Waals surface area (Å²) >= 11 is 0. The average Bonchev–Trinajstić information content (AvgIpc) is 3.75. The molecule has 2 aliphatic heterocycles. The SMILES string of the molecule is CC(C)[Si](C#C[C@@H](O)[C@@H](C)C(=O)N1CCc2cccnc21)(C(C)C)C(C)C.CC(C)[Si](C#C[C@@H](O)[C@@H](C)C(=O)N1CCc2cccnc21)(C(C)C)C(C)C. The van der Waals surface area contributed by atoms with Crippen LogP contribution in [-0.4, -0.2) is 73.4 Å². The highest BCUT2D eigenvalue weighted by Crippen LogP contribution is 2.42. The van der Waals surface area contributed by atoms with E-state index in [4.69, 9.17) is 0 Å². The van der Waals surface area contributed by atoms with E-state index >= 15 is 0 Å². The molecule has 0 unspecified atom stereocenters. The zero-order valence-corrected chi connectivity index (χ0v) is 37.6. The van der Waals surface area contributed by atoms with Crippen molar-refractivity contribution in [3.8, 4) is 22.9 Å². The Balaban J connectivity index is 0.000000290. The number of carbonyl (C=O) groups is 2. The summed E-state index contributed by atoms with van der Waals surface area (Å²) in [4.78, 5) is 38.0. The number of anilines is 2. The van der Waals surface area contributed by atoms with Crippen LogP contribution in [0.1, 0.15) is 108 Å². The normalized spacial score (nSPS) is 16.3. The summed E-state index contributed by atoms with van der Waals surface area (Å²) in [7, 11) is -3.84. The number of nitrogens with zero attached hydrogens (tertiary/aromatic N) is 4. The summed E-state index contributed by atoms with van der Waals surface area (Å²) < 4.78 is 0. The van der Waals surface area contributed by atoms with Crippen LogP contribution in [0, 0.1) is 34.8 Å². The van der Waals surface area contributed by atoms with Crippen LogP contribution in [0.4, 0.5) is 11.6 Å². The number of rotatable bonds is 10. The zero-order valence-electron chi connectivity index (χ0n) is 35.6. The first-order valence-electron chi connectivity index (χ1n) is 20.2. The van der Waals surface area contributed by atoms with Crippen LogP contribution in [0.25, 0.3) is 0 Å². The van der Waals surface area contributed by atoms with Gasteiger partial charge in [0.25, 0.3) is 0 Å². The first-order chi connectivity index (χ1) is 25.2. The van der Waals surface area contributed by atoms with E-state index in [1.807, 2.05) is 24.3 Å².